The fourth-order valence-corrected chi connectivity index (χ4v) is 4.70. The highest BCUT2D eigenvalue weighted by Gasteiger charge is 2.38. The monoisotopic (exact) mass is 435 g/mol. The van der Waals surface area contributed by atoms with Crippen molar-refractivity contribution >= 4 is 17.5 Å². The number of benzene rings is 2. The maximum Gasteiger partial charge on any atom is 0.231 e. The molecule has 0 N–H and O–H groups in total. The van der Waals surface area contributed by atoms with Crippen LogP contribution in [0, 0.1) is 19.8 Å². The van der Waals surface area contributed by atoms with E-state index in [4.69, 9.17) is 9.47 Å². The number of ether oxygens (including phenoxy) is 2. The molecule has 0 radical (unpaired) electrons. The van der Waals surface area contributed by atoms with E-state index in [1.165, 1.54) is 11.1 Å². The zero-order valence-corrected chi connectivity index (χ0v) is 18.7. The number of amides is 2. The summed E-state index contributed by atoms with van der Waals surface area (Å²) in [5, 5.41) is 0. The lowest BCUT2D eigenvalue weighted by molar-refractivity contribution is -0.137. The van der Waals surface area contributed by atoms with E-state index in [0.717, 1.165) is 42.4 Å². The second-order valence-electron chi connectivity index (χ2n) is 8.96. The van der Waals surface area contributed by atoms with E-state index in [1.807, 2.05) is 42.2 Å². The lowest BCUT2D eigenvalue weighted by Crippen LogP contribution is -2.50. The van der Waals surface area contributed by atoms with Gasteiger partial charge in [-0.05, 0) is 54.8 Å². The van der Waals surface area contributed by atoms with Crippen molar-refractivity contribution < 1.29 is 19.1 Å². The standard InChI is InChI=1S/C25H29N3O4/c1-17-3-5-21(11-18(17)2)28-15-20(13-24(28)29)25(30)27-9-7-26(8-10-27)14-19-4-6-22-23(12-19)32-16-31-22/h3-6,11-12,20H,7-10,13-16H2,1-2H3. The van der Waals surface area contributed by atoms with Crippen molar-refractivity contribution in [3.05, 3.63) is 53.1 Å². The van der Waals surface area contributed by atoms with E-state index in [1.54, 1.807) is 4.90 Å². The lowest BCUT2D eigenvalue weighted by atomic mass is 10.1. The third-order valence-electron chi connectivity index (χ3n) is 6.80. The number of hydrogen-bond donors (Lipinski definition) is 0. The Bertz CT molecular complexity index is 1050. The molecule has 7 nitrogen and oxygen atoms in total. The summed E-state index contributed by atoms with van der Waals surface area (Å²) < 4.78 is 10.8. The van der Waals surface area contributed by atoms with E-state index >= 15 is 0 Å². The molecular weight excluding hydrogens is 406 g/mol. The normalized spacial score (nSPS) is 20.8. The second-order valence-corrected chi connectivity index (χ2v) is 8.96. The molecule has 0 saturated carbocycles. The molecule has 3 aliphatic heterocycles. The number of carbonyl (C=O) groups is 2. The van der Waals surface area contributed by atoms with Crippen LogP contribution in [-0.4, -0.2) is 61.1 Å². The zero-order valence-electron chi connectivity index (χ0n) is 18.7. The lowest BCUT2D eigenvalue weighted by Gasteiger charge is -2.36. The maximum absolute atomic E-state index is 13.1. The molecule has 0 aromatic heterocycles. The van der Waals surface area contributed by atoms with Gasteiger partial charge in [-0.1, -0.05) is 12.1 Å². The van der Waals surface area contributed by atoms with Crippen LogP contribution in [0.25, 0.3) is 0 Å². The summed E-state index contributed by atoms with van der Waals surface area (Å²) in [6, 6.07) is 12.1. The molecule has 2 aromatic rings. The number of aryl methyl sites for hydroxylation is 2. The number of anilines is 1. The second kappa shape index (κ2) is 8.47. The van der Waals surface area contributed by atoms with Crippen LogP contribution in [0.2, 0.25) is 0 Å². The summed E-state index contributed by atoms with van der Waals surface area (Å²) >= 11 is 0. The Morgan fingerprint density at radius 2 is 1.75 bits per heavy atom. The first-order valence-corrected chi connectivity index (χ1v) is 11.3. The van der Waals surface area contributed by atoms with E-state index in [9.17, 15) is 9.59 Å². The predicted molar refractivity (Wildman–Crippen MR) is 121 cm³/mol. The largest absolute Gasteiger partial charge is 0.454 e. The molecular formula is C25H29N3O4. The minimum Gasteiger partial charge on any atom is -0.454 e. The van der Waals surface area contributed by atoms with Crippen molar-refractivity contribution in [1.82, 2.24) is 9.80 Å². The molecule has 0 bridgehead atoms. The van der Waals surface area contributed by atoms with Gasteiger partial charge in [0.1, 0.15) is 0 Å². The van der Waals surface area contributed by atoms with Crippen LogP contribution in [0.1, 0.15) is 23.1 Å². The molecule has 2 saturated heterocycles. The van der Waals surface area contributed by atoms with E-state index in [2.05, 4.69) is 17.9 Å². The van der Waals surface area contributed by atoms with Crippen molar-refractivity contribution in [2.24, 2.45) is 5.92 Å². The molecule has 2 fully saturated rings. The first kappa shape index (κ1) is 20.8. The molecule has 5 rings (SSSR count). The van der Waals surface area contributed by atoms with Crippen LogP contribution in [0.5, 0.6) is 11.5 Å². The molecule has 2 amide bonds. The molecule has 1 unspecified atom stereocenters. The number of fused-ring (bicyclic) bond motifs is 1. The van der Waals surface area contributed by atoms with Gasteiger partial charge in [-0.2, -0.15) is 0 Å². The highest BCUT2D eigenvalue weighted by Crippen LogP contribution is 2.33. The first-order valence-electron chi connectivity index (χ1n) is 11.3. The van der Waals surface area contributed by atoms with Gasteiger partial charge in [0.05, 0.1) is 5.92 Å². The highest BCUT2D eigenvalue weighted by molar-refractivity contribution is 6.00. The van der Waals surface area contributed by atoms with Crippen LogP contribution < -0.4 is 14.4 Å². The van der Waals surface area contributed by atoms with Crippen LogP contribution >= 0.6 is 0 Å². The molecule has 0 spiro atoms. The molecule has 7 heteroatoms. The smallest absolute Gasteiger partial charge is 0.231 e. The van der Waals surface area contributed by atoms with Crippen LogP contribution in [0.4, 0.5) is 5.69 Å². The zero-order chi connectivity index (χ0) is 22.2. The number of carbonyl (C=O) groups excluding carboxylic acids is 2. The molecule has 168 valence electrons. The van der Waals surface area contributed by atoms with Crippen molar-refractivity contribution in [2.45, 2.75) is 26.8 Å². The molecule has 2 aromatic carbocycles. The maximum atomic E-state index is 13.1. The SMILES string of the molecule is Cc1ccc(N2CC(C(=O)N3CCN(Cc4ccc5c(c4)OCO5)CC3)CC2=O)cc1C. The number of hydrogen-bond acceptors (Lipinski definition) is 5. The van der Waals surface area contributed by atoms with Gasteiger partial charge < -0.3 is 19.3 Å². The molecule has 0 aliphatic carbocycles. The van der Waals surface area contributed by atoms with Crippen molar-refractivity contribution in [1.29, 1.82) is 0 Å². The van der Waals surface area contributed by atoms with Gasteiger partial charge in [0.25, 0.3) is 0 Å². The Kier molecular flexibility index (Phi) is 5.51. The van der Waals surface area contributed by atoms with Gasteiger partial charge in [-0.25, -0.2) is 0 Å². The van der Waals surface area contributed by atoms with Gasteiger partial charge in [-0.15, -0.1) is 0 Å². The summed E-state index contributed by atoms with van der Waals surface area (Å²) in [5.41, 5.74) is 4.43. The van der Waals surface area contributed by atoms with Gasteiger partial charge in [-0.3, -0.25) is 14.5 Å². The fraction of sp³-hybridized carbons (Fsp3) is 0.440. The Balaban J connectivity index is 1.16. The van der Waals surface area contributed by atoms with Crippen molar-refractivity contribution in [2.75, 3.05) is 44.4 Å². The van der Waals surface area contributed by atoms with E-state index in [-0.39, 0.29) is 24.5 Å². The number of rotatable bonds is 4. The summed E-state index contributed by atoms with van der Waals surface area (Å²) in [6.45, 7) is 8.70. The van der Waals surface area contributed by atoms with Gasteiger partial charge >= 0.3 is 0 Å². The Morgan fingerprint density at radius 1 is 0.969 bits per heavy atom. The van der Waals surface area contributed by atoms with Crippen molar-refractivity contribution in [3.63, 3.8) is 0 Å². The number of nitrogens with zero attached hydrogens (tertiary/aromatic N) is 3. The Hall–Kier alpha value is -3.06. The van der Waals surface area contributed by atoms with Gasteiger partial charge in [0, 0.05) is 51.4 Å². The highest BCUT2D eigenvalue weighted by atomic mass is 16.7. The average Bonchev–Trinajstić information content (AvgIpc) is 3.42. The topological polar surface area (TPSA) is 62.3 Å². The molecule has 32 heavy (non-hydrogen) atoms. The average molecular weight is 436 g/mol. The Labute approximate surface area is 188 Å². The predicted octanol–water partition coefficient (Wildman–Crippen LogP) is 2.73. The van der Waals surface area contributed by atoms with Crippen LogP contribution in [0.3, 0.4) is 0 Å². The van der Waals surface area contributed by atoms with Crippen molar-refractivity contribution in [3.8, 4) is 11.5 Å². The van der Waals surface area contributed by atoms with Gasteiger partial charge in [0.2, 0.25) is 18.6 Å². The minimum atomic E-state index is -0.260. The minimum absolute atomic E-state index is 0.0352. The quantitative estimate of drug-likeness (QED) is 0.739. The molecule has 1 atom stereocenters. The van der Waals surface area contributed by atoms with Crippen LogP contribution in [-0.2, 0) is 16.1 Å². The summed E-state index contributed by atoms with van der Waals surface area (Å²) in [7, 11) is 0. The van der Waals surface area contributed by atoms with E-state index in [0.29, 0.717) is 26.1 Å². The van der Waals surface area contributed by atoms with Crippen LogP contribution in [0.15, 0.2) is 36.4 Å². The fourth-order valence-electron chi connectivity index (χ4n) is 4.70. The third-order valence-corrected chi connectivity index (χ3v) is 6.80. The Morgan fingerprint density at radius 3 is 2.53 bits per heavy atom. The summed E-state index contributed by atoms with van der Waals surface area (Å²) in [5.74, 6) is 1.48. The van der Waals surface area contributed by atoms with E-state index < -0.39 is 0 Å². The molecule has 3 aliphatic rings. The number of piperazine rings is 1. The summed E-state index contributed by atoms with van der Waals surface area (Å²) in [6.07, 6.45) is 0.295. The van der Waals surface area contributed by atoms with Gasteiger partial charge in [0.15, 0.2) is 11.5 Å². The third kappa shape index (κ3) is 4.05. The first-order chi connectivity index (χ1) is 15.5. The molecule has 3 heterocycles. The summed E-state index contributed by atoms with van der Waals surface area (Å²) in [4.78, 5) is 31.8.